The molecule has 0 fully saturated rings. The van der Waals surface area contributed by atoms with Crippen molar-refractivity contribution in [3.05, 3.63) is 0 Å². The van der Waals surface area contributed by atoms with Gasteiger partial charge in [0.25, 0.3) is 0 Å². The minimum atomic E-state index is -0.296. The molecule has 2 atom stereocenters. The van der Waals surface area contributed by atoms with Crippen molar-refractivity contribution >= 4 is 0 Å². The lowest BCUT2D eigenvalue weighted by atomic mass is 10.0. The number of rotatable bonds is 12. The highest BCUT2D eigenvalue weighted by molar-refractivity contribution is 4.74. The maximum Gasteiger partial charge on any atom is 0.0957 e. The van der Waals surface area contributed by atoms with Crippen LogP contribution in [0.2, 0.25) is 0 Å². The van der Waals surface area contributed by atoms with Crippen molar-refractivity contribution in [1.82, 2.24) is 0 Å². The van der Waals surface area contributed by atoms with Crippen LogP contribution in [0.15, 0.2) is 0 Å². The first-order valence-electron chi connectivity index (χ1n) is 6.66. The smallest absolute Gasteiger partial charge is 0.0957 e. The van der Waals surface area contributed by atoms with Gasteiger partial charge in [-0.2, -0.15) is 0 Å². The number of aliphatic hydroxyl groups is 1. The van der Waals surface area contributed by atoms with Crippen LogP contribution in [-0.2, 0) is 14.2 Å². The Morgan fingerprint density at radius 1 is 1.11 bits per heavy atom. The molecule has 0 radical (unpaired) electrons. The number of aliphatic hydroxyl groups excluding tert-OH is 1. The molecule has 0 saturated heterocycles. The zero-order chi connectivity index (χ0) is 13.8. The van der Waals surface area contributed by atoms with E-state index in [0.717, 1.165) is 12.8 Å². The van der Waals surface area contributed by atoms with E-state index in [4.69, 9.17) is 19.9 Å². The van der Waals surface area contributed by atoms with Crippen molar-refractivity contribution in [2.75, 3.05) is 40.1 Å². The van der Waals surface area contributed by atoms with Gasteiger partial charge >= 0.3 is 0 Å². The normalized spacial score (nSPS) is 15.0. The van der Waals surface area contributed by atoms with Gasteiger partial charge in [-0.15, -0.1) is 0 Å². The van der Waals surface area contributed by atoms with Crippen LogP contribution in [-0.4, -0.2) is 57.4 Å². The van der Waals surface area contributed by atoms with Gasteiger partial charge < -0.3 is 25.1 Å². The number of methoxy groups -OCH3 is 1. The molecule has 0 amide bonds. The molecule has 110 valence electrons. The highest BCUT2D eigenvalue weighted by Crippen LogP contribution is 2.08. The SMILES string of the molecule is COCCCOCCOC(CO)C(N)CC(C)C. The topological polar surface area (TPSA) is 73.9 Å². The molecule has 18 heavy (non-hydrogen) atoms. The van der Waals surface area contributed by atoms with Crippen molar-refractivity contribution in [3.8, 4) is 0 Å². The van der Waals surface area contributed by atoms with E-state index >= 15 is 0 Å². The second kappa shape index (κ2) is 11.9. The Morgan fingerprint density at radius 3 is 2.39 bits per heavy atom. The standard InChI is InChI=1S/C13H29NO4/c1-11(2)9-12(14)13(10-15)18-8-7-17-6-4-5-16-3/h11-13,15H,4-10,14H2,1-3H3. The number of hydrogen-bond donors (Lipinski definition) is 2. The van der Waals surface area contributed by atoms with Crippen LogP contribution in [0.25, 0.3) is 0 Å². The predicted octanol–water partition coefficient (Wildman–Crippen LogP) is 0.790. The van der Waals surface area contributed by atoms with Gasteiger partial charge in [0.05, 0.1) is 25.9 Å². The summed E-state index contributed by atoms with van der Waals surface area (Å²) in [5.41, 5.74) is 5.97. The van der Waals surface area contributed by atoms with Gasteiger partial charge in [-0.3, -0.25) is 0 Å². The largest absolute Gasteiger partial charge is 0.394 e. The summed E-state index contributed by atoms with van der Waals surface area (Å²) in [6.07, 6.45) is 1.43. The summed E-state index contributed by atoms with van der Waals surface area (Å²) in [7, 11) is 1.67. The summed E-state index contributed by atoms with van der Waals surface area (Å²) in [4.78, 5) is 0. The van der Waals surface area contributed by atoms with E-state index in [1.807, 2.05) is 0 Å². The van der Waals surface area contributed by atoms with Gasteiger partial charge in [0.2, 0.25) is 0 Å². The van der Waals surface area contributed by atoms with Gasteiger partial charge in [-0.05, 0) is 18.8 Å². The molecule has 0 heterocycles. The average Bonchev–Trinajstić information content (AvgIpc) is 2.31. The Balaban J connectivity index is 3.55. The zero-order valence-corrected chi connectivity index (χ0v) is 11.9. The molecule has 0 saturated carbocycles. The molecule has 5 nitrogen and oxygen atoms in total. The lowest BCUT2D eigenvalue weighted by molar-refractivity contribution is -0.0340. The lowest BCUT2D eigenvalue weighted by Gasteiger charge is -2.23. The minimum Gasteiger partial charge on any atom is -0.394 e. The van der Waals surface area contributed by atoms with Crippen molar-refractivity contribution in [1.29, 1.82) is 0 Å². The molecule has 0 aromatic heterocycles. The van der Waals surface area contributed by atoms with E-state index < -0.39 is 0 Å². The van der Waals surface area contributed by atoms with E-state index in [-0.39, 0.29) is 18.8 Å². The third-order valence-corrected chi connectivity index (χ3v) is 2.60. The molecule has 3 N–H and O–H groups in total. The fraction of sp³-hybridized carbons (Fsp3) is 1.00. The van der Waals surface area contributed by atoms with Crippen LogP contribution < -0.4 is 5.73 Å². The molecule has 0 aromatic rings. The molecule has 0 aromatic carbocycles. The van der Waals surface area contributed by atoms with Crippen molar-refractivity contribution in [2.45, 2.75) is 38.8 Å². The quantitative estimate of drug-likeness (QED) is 0.509. The Kier molecular flexibility index (Phi) is 11.7. The molecule has 0 aliphatic heterocycles. The third-order valence-electron chi connectivity index (χ3n) is 2.60. The summed E-state index contributed by atoms with van der Waals surface area (Å²) in [5, 5.41) is 9.22. The maximum atomic E-state index is 9.22. The zero-order valence-electron chi connectivity index (χ0n) is 11.9. The molecule has 0 rings (SSSR count). The number of hydrogen-bond acceptors (Lipinski definition) is 5. The summed E-state index contributed by atoms with van der Waals surface area (Å²) in [6, 6.07) is -0.122. The Labute approximate surface area is 111 Å². The number of nitrogens with two attached hydrogens (primary N) is 1. The van der Waals surface area contributed by atoms with Crippen molar-refractivity contribution < 1.29 is 19.3 Å². The van der Waals surface area contributed by atoms with Gasteiger partial charge in [0, 0.05) is 26.4 Å². The van der Waals surface area contributed by atoms with Crippen LogP contribution in [0.1, 0.15) is 26.7 Å². The molecule has 0 aliphatic rings. The highest BCUT2D eigenvalue weighted by atomic mass is 16.5. The summed E-state index contributed by atoms with van der Waals surface area (Å²) >= 11 is 0. The second-order valence-electron chi connectivity index (χ2n) is 4.84. The van der Waals surface area contributed by atoms with Crippen LogP contribution in [0.4, 0.5) is 0 Å². The van der Waals surface area contributed by atoms with E-state index in [0.29, 0.717) is 32.3 Å². The second-order valence-corrected chi connectivity index (χ2v) is 4.84. The van der Waals surface area contributed by atoms with Crippen LogP contribution in [0.5, 0.6) is 0 Å². The van der Waals surface area contributed by atoms with E-state index in [1.54, 1.807) is 7.11 Å². The fourth-order valence-corrected chi connectivity index (χ4v) is 1.67. The Hall–Kier alpha value is -0.200. The van der Waals surface area contributed by atoms with Crippen LogP contribution in [0.3, 0.4) is 0 Å². The first kappa shape index (κ1) is 17.8. The van der Waals surface area contributed by atoms with Gasteiger partial charge in [0.15, 0.2) is 0 Å². The summed E-state index contributed by atoms with van der Waals surface area (Å²) < 4.78 is 15.8. The third kappa shape index (κ3) is 9.79. The first-order chi connectivity index (χ1) is 8.61. The van der Waals surface area contributed by atoms with E-state index in [2.05, 4.69) is 13.8 Å². The Morgan fingerprint density at radius 2 is 1.83 bits per heavy atom. The summed E-state index contributed by atoms with van der Waals surface area (Å²) in [6.45, 7) is 6.52. The Bertz CT molecular complexity index is 178. The van der Waals surface area contributed by atoms with Crippen molar-refractivity contribution in [3.63, 3.8) is 0 Å². The molecule has 0 spiro atoms. The summed E-state index contributed by atoms with van der Waals surface area (Å²) in [5.74, 6) is 0.503. The first-order valence-corrected chi connectivity index (χ1v) is 6.66. The number of ether oxygens (including phenoxy) is 3. The van der Waals surface area contributed by atoms with E-state index in [1.165, 1.54) is 0 Å². The predicted molar refractivity (Wildman–Crippen MR) is 71.6 cm³/mol. The molecule has 0 aliphatic carbocycles. The molecule has 2 unspecified atom stereocenters. The molecule has 5 heteroatoms. The van der Waals surface area contributed by atoms with Gasteiger partial charge in [0.1, 0.15) is 0 Å². The molecular formula is C13H29NO4. The van der Waals surface area contributed by atoms with Gasteiger partial charge in [-0.1, -0.05) is 13.8 Å². The fourth-order valence-electron chi connectivity index (χ4n) is 1.67. The molecule has 0 bridgehead atoms. The maximum absolute atomic E-state index is 9.22. The highest BCUT2D eigenvalue weighted by Gasteiger charge is 2.18. The van der Waals surface area contributed by atoms with Gasteiger partial charge in [-0.25, -0.2) is 0 Å². The monoisotopic (exact) mass is 263 g/mol. The van der Waals surface area contributed by atoms with Crippen LogP contribution in [0, 0.1) is 5.92 Å². The minimum absolute atomic E-state index is 0.0441. The lowest BCUT2D eigenvalue weighted by Crippen LogP contribution is -2.41. The average molecular weight is 263 g/mol. The van der Waals surface area contributed by atoms with Crippen LogP contribution >= 0.6 is 0 Å². The van der Waals surface area contributed by atoms with E-state index in [9.17, 15) is 5.11 Å². The van der Waals surface area contributed by atoms with Crippen molar-refractivity contribution in [2.24, 2.45) is 11.7 Å². The molecular weight excluding hydrogens is 234 g/mol.